The maximum absolute atomic E-state index is 13.7. The molecule has 1 heterocycles. The zero-order valence-corrected chi connectivity index (χ0v) is 20.2. The minimum Gasteiger partial charge on any atom is -0.361 e. The maximum atomic E-state index is 13.7. The van der Waals surface area contributed by atoms with Gasteiger partial charge in [0.15, 0.2) is 0 Å². The first-order chi connectivity index (χ1) is 17.4. The average molecular weight is 490 g/mol. The molecule has 0 saturated carbocycles. The van der Waals surface area contributed by atoms with Gasteiger partial charge in [-0.25, -0.2) is 8.78 Å². The maximum Gasteiger partial charge on any atom is 0.254 e. The van der Waals surface area contributed by atoms with Crippen LogP contribution in [0.2, 0.25) is 0 Å². The molecule has 0 aliphatic heterocycles. The Morgan fingerprint density at radius 1 is 0.861 bits per heavy atom. The molecule has 4 rings (SSSR count). The molecule has 0 radical (unpaired) electrons. The second-order valence-electron chi connectivity index (χ2n) is 8.79. The van der Waals surface area contributed by atoms with E-state index in [1.54, 1.807) is 23.1 Å². The van der Waals surface area contributed by atoms with E-state index < -0.39 is 5.82 Å². The van der Waals surface area contributed by atoms with Crippen molar-refractivity contribution in [3.63, 3.8) is 0 Å². The van der Waals surface area contributed by atoms with Crippen LogP contribution in [-0.4, -0.2) is 46.2 Å². The summed E-state index contributed by atoms with van der Waals surface area (Å²) in [5, 5.41) is 1.10. The summed E-state index contributed by atoms with van der Waals surface area (Å²) >= 11 is 0. The van der Waals surface area contributed by atoms with Crippen molar-refractivity contribution >= 4 is 22.7 Å². The van der Waals surface area contributed by atoms with Crippen LogP contribution in [0.5, 0.6) is 0 Å². The quantitative estimate of drug-likeness (QED) is 0.317. The van der Waals surface area contributed by atoms with E-state index >= 15 is 0 Å². The lowest BCUT2D eigenvalue weighted by molar-refractivity contribution is -0.132. The lowest BCUT2D eigenvalue weighted by atomic mass is 10.1. The molecule has 186 valence electrons. The van der Waals surface area contributed by atoms with Crippen molar-refractivity contribution in [3.05, 3.63) is 107 Å². The van der Waals surface area contributed by atoms with Crippen LogP contribution in [0.15, 0.2) is 79.0 Å². The minimum absolute atomic E-state index is 0.127. The molecule has 1 aromatic heterocycles. The van der Waals surface area contributed by atoms with E-state index in [-0.39, 0.29) is 36.3 Å². The van der Waals surface area contributed by atoms with Crippen LogP contribution in [0.1, 0.15) is 34.8 Å². The fraction of sp³-hybridized carbons (Fsp3) is 0.241. The Morgan fingerprint density at radius 2 is 1.64 bits per heavy atom. The Morgan fingerprint density at radius 3 is 2.39 bits per heavy atom. The third-order valence-electron chi connectivity index (χ3n) is 6.14. The highest BCUT2D eigenvalue weighted by Gasteiger charge is 2.23. The van der Waals surface area contributed by atoms with Gasteiger partial charge in [0.25, 0.3) is 5.91 Å². The van der Waals surface area contributed by atoms with Crippen LogP contribution >= 0.6 is 0 Å². The Labute approximate surface area is 209 Å². The van der Waals surface area contributed by atoms with Gasteiger partial charge in [0, 0.05) is 42.3 Å². The Balaban J connectivity index is 1.53. The molecule has 0 aliphatic rings. The number of amides is 2. The fourth-order valence-corrected chi connectivity index (χ4v) is 4.29. The normalized spacial score (nSPS) is 11.0. The number of nitrogens with zero attached hydrogens (tertiary/aromatic N) is 2. The predicted molar refractivity (Wildman–Crippen MR) is 136 cm³/mol. The molecule has 0 aliphatic carbocycles. The first-order valence-corrected chi connectivity index (χ1v) is 12.1. The second-order valence-corrected chi connectivity index (χ2v) is 8.79. The molecule has 0 bridgehead atoms. The van der Waals surface area contributed by atoms with E-state index in [9.17, 15) is 18.4 Å². The van der Waals surface area contributed by atoms with Crippen LogP contribution in [0.3, 0.4) is 0 Å². The van der Waals surface area contributed by atoms with Crippen molar-refractivity contribution in [3.8, 4) is 0 Å². The van der Waals surface area contributed by atoms with Gasteiger partial charge in [0.2, 0.25) is 5.91 Å². The Bertz CT molecular complexity index is 1330. The third-order valence-corrected chi connectivity index (χ3v) is 6.14. The second kappa shape index (κ2) is 11.6. The molecule has 0 spiro atoms. The molecule has 36 heavy (non-hydrogen) atoms. The van der Waals surface area contributed by atoms with Gasteiger partial charge < -0.3 is 14.8 Å². The highest BCUT2D eigenvalue weighted by molar-refractivity contribution is 5.96. The molecular formula is C29H29F2N3O2. The van der Waals surface area contributed by atoms with Crippen molar-refractivity contribution in [1.29, 1.82) is 0 Å². The molecule has 0 atom stereocenters. The number of nitrogens with one attached hydrogen (secondary N) is 1. The largest absolute Gasteiger partial charge is 0.361 e. The summed E-state index contributed by atoms with van der Waals surface area (Å²) in [6, 6.07) is 19.5. The number of carbonyl (C=O) groups is 2. The standard InChI is InChI=1S/C29H29F2N3O2/c1-2-15-34(29(36)22-6-5-7-25(31)17-22)20-28(35)33(19-21-10-12-24(30)13-11-21)16-14-23-18-32-27-9-4-3-8-26(23)27/h3-13,17-18,32H,2,14-16,19-20H2,1H3. The van der Waals surface area contributed by atoms with Gasteiger partial charge in [-0.1, -0.05) is 43.3 Å². The highest BCUT2D eigenvalue weighted by Crippen LogP contribution is 2.19. The third kappa shape index (κ3) is 6.16. The SMILES string of the molecule is CCCN(CC(=O)N(CCc1c[nH]c2ccccc12)Cc1ccc(F)cc1)C(=O)c1cccc(F)c1. The summed E-state index contributed by atoms with van der Waals surface area (Å²) in [5.74, 6) is -1.45. The van der Waals surface area contributed by atoms with Crippen molar-refractivity contribution in [2.24, 2.45) is 0 Å². The summed E-state index contributed by atoms with van der Waals surface area (Å²) in [6.45, 7) is 2.87. The number of aromatic nitrogens is 1. The van der Waals surface area contributed by atoms with E-state index in [1.807, 2.05) is 37.4 Å². The van der Waals surface area contributed by atoms with Crippen LogP contribution in [0.25, 0.3) is 10.9 Å². The van der Waals surface area contributed by atoms with Gasteiger partial charge in [0.1, 0.15) is 18.2 Å². The molecule has 1 N–H and O–H groups in total. The van der Waals surface area contributed by atoms with Crippen molar-refractivity contribution < 1.29 is 18.4 Å². The van der Waals surface area contributed by atoms with Crippen molar-refractivity contribution in [2.75, 3.05) is 19.6 Å². The molecule has 3 aromatic carbocycles. The van der Waals surface area contributed by atoms with Crippen LogP contribution in [-0.2, 0) is 17.8 Å². The Kier molecular flexibility index (Phi) is 8.10. The summed E-state index contributed by atoms with van der Waals surface area (Å²) in [6.07, 6.45) is 3.21. The Hall–Kier alpha value is -4.00. The summed E-state index contributed by atoms with van der Waals surface area (Å²) in [4.78, 5) is 33.0. The van der Waals surface area contributed by atoms with E-state index in [2.05, 4.69) is 4.98 Å². The van der Waals surface area contributed by atoms with Gasteiger partial charge in [-0.15, -0.1) is 0 Å². The monoisotopic (exact) mass is 489 g/mol. The van der Waals surface area contributed by atoms with E-state index in [0.717, 1.165) is 22.0 Å². The zero-order chi connectivity index (χ0) is 25.5. The number of aromatic amines is 1. The number of benzene rings is 3. The number of carbonyl (C=O) groups excluding carboxylic acids is 2. The van der Waals surface area contributed by atoms with Crippen LogP contribution in [0, 0.1) is 11.6 Å². The predicted octanol–water partition coefficient (Wildman–Crippen LogP) is 5.57. The van der Waals surface area contributed by atoms with Crippen molar-refractivity contribution in [2.45, 2.75) is 26.3 Å². The van der Waals surface area contributed by atoms with E-state index in [0.29, 0.717) is 25.9 Å². The topological polar surface area (TPSA) is 56.4 Å². The number of halogens is 2. The van der Waals surface area contributed by atoms with Crippen molar-refractivity contribution in [1.82, 2.24) is 14.8 Å². The molecule has 4 aromatic rings. The van der Waals surface area contributed by atoms with Gasteiger partial charge in [-0.05, 0) is 60.4 Å². The summed E-state index contributed by atoms with van der Waals surface area (Å²) in [5.41, 5.74) is 3.12. The first-order valence-electron chi connectivity index (χ1n) is 12.1. The van der Waals surface area contributed by atoms with E-state index in [1.165, 1.54) is 35.2 Å². The van der Waals surface area contributed by atoms with Gasteiger partial charge >= 0.3 is 0 Å². The summed E-state index contributed by atoms with van der Waals surface area (Å²) < 4.78 is 27.2. The van der Waals surface area contributed by atoms with Gasteiger partial charge in [-0.3, -0.25) is 9.59 Å². The summed E-state index contributed by atoms with van der Waals surface area (Å²) in [7, 11) is 0. The average Bonchev–Trinajstić information content (AvgIpc) is 3.30. The molecule has 7 heteroatoms. The highest BCUT2D eigenvalue weighted by atomic mass is 19.1. The molecule has 0 unspecified atom stereocenters. The molecule has 5 nitrogen and oxygen atoms in total. The number of fused-ring (bicyclic) bond motifs is 1. The van der Waals surface area contributed by atoms with Crippen LogP contribution in [0.4, 0.5) is 8.78 Å². The number of para-hydroxylation sites is 1. The van der Waals surface area contributed by atoms with Gasteiger partial charge in [-0.2, -0.15) is 0 Å². The number of rotatable bonds is 10. The van der Waals surface area contributed by atoms with E-state index in [4.69, 9.17) is 0 Å². The number of hydrogen-bond donors (Lipinski definition) is 1. The zero-order valence-electron chi connectivity index (χ0n) is 20.2. The first kappa shape index (κ1) is 25.1. The molecular weight excluding hydrogens is 460 g/mol. The lowest BCUT2D eigenvalue weighted by Gasteiger charge is -2.28. The fourth-order valence-electron chi connectivity index (χ4n) is 4.29. The van der Waals surface area contributed by atoms with Crippen LogP contribution < -0.4 is 0 Å². The molecule has 2 amide bonds. The van der Waals surface area contributed by atoms with Gasteiger partial charge in [0.05, 0.1) is 0 Å². The number of H-pyrrole nitrogens is 1. The smallest absolute Gasteiger partial charge is 0.254 e. The molecule has 0 saturated heterocycles. The lowest BCUT2D eigenvalue weighted by Crippen LogP contribution is -2.43. The molecule has 0 fully saturated rings. The number of hydrogen-bond acceptors (Lipinski definition) is 2. The minimum atomic E-state index is -0.500.